The first-order chi connectivity index (χ1) is 5.70. The van der Waals surface area contributed by atoms with Crippen molar-refractivity contribution in [3.8, 4) is 0 Å². The molecular formula is C9H14O2S. The first kappa shape index (κ1) is 9.65. The molecule has 0 aliphatic heterocycles. The summed E-state index contributed by atoms with van der Waals surface area (Å²) < 4.78 is 4.95. The average molecular weight is 186 g/mol. The summed E-state index contributed by atoms with van der Waals surface area (Å²) in [4.78, 5) is 10.6. The van der Waals surface area contributed by atoms with E-state index in [1.54, 1.807) is 0 Å². The molecule has 1 atom stereocenters. The van der Waals surface area contributed by atoms with Crippen LogP contribution in [0.3, 0.4) is 0 Å². The first-order valence-electron chi connectivity index (χ1n) is 4.24. The van der Waals surface area contributed by atoms with Gasteiger partial charge >= 0.3 is 5.97 Å². The van der Waals surface area contributed by atoms with Crippen LogP contribution in [0.25, 0.3) is 0 Å². The Balaban J connectivity index is 2.44. The van der Waals surface area contributed by atoms with Crippen LogP contribution in [0.1, 0.15) is 32.6 Å². The second-order valence-corrected chi connectivity index (χ2v) is 3.46. The standard InChI is InChI=1S/C9H14O2S/c1-7(10)11-9(12)8-5-3-2-4-6-8/h5,9,12H,2-4,6H2,1H3. The Morgan fingerprint density at radius 2 is 2.42 bits per heavy atom. The minimum absolute atomic E-state index is 0.263. The lowest BCUT2D eigenvalue weighted by Crippen LogP contribution is -2.13. The Morgan fingerprint density at radius 1 is 1.67 bits per heavy atom. The SMILES string of the molecule is CC(=O)OC(S)C1=CCCCC1. The second-order valence-electron chi connectivity index (χ2n) is 2.99. The zero-order chi connectivity index (χ0) is 8.97. The molecule has 0 radical (unpaired) electrons. The Hall–Kier alpha value is -0.440. The number of esters is 1. The summed E-state index contributed by atoms with van der Waals surface area (Å²) >= 11 is 4.20. The second kappa shape index (κ2) is 4.55. The predicted octanol–water partition coefficient (Wildman–Crippen LogP) is 2.31. The van der Waals surface area contributed by atoms with Crippen molar-refractivity contribution < 1.29 is 9.53 Å². The molecule has 0 aromatic rings. The van der Waals surface area contributed by atoms with Gasteiger partial charge in [0.1, 0.15) is 0 Å². The predicted molar refractivity (Wildman–Crippen MR) is 51.1 cm³/mol. The van der Waals surface area contributed by atoms with Crippen LogP contribution in [0.5, 0.6) is 0 Å². The molecule has 0 bridgehead atoms. The van der Waals surface area contributed by atoms with Gasteiger partial charge in [0.25, 0.3) is 0 Å². The minimum Gasteiger partial charge on any atom is -0.447 e. The third-order valence-electron chi connectivity index (χ3n) is 1.92. The van der Waals surface area contributed by atoms with Crippen LogP contribution in [0, 0.1) is 0 Å². The van der Waals surface area contributed by atoms with Crippen molar-refractivity contribution in [2.75, 3.05) is 0 Å². The van der Waals surface area contributed by atoms with Gasteiger partial charge in [0, 0.05) is 6.92 Å². The smallest absolute Gasteiger partial charge is 0.304 e. The topological polar surface area (TPSA) is 26.3 Å². The van der Waals surface area contributed by atoms with Gasteiger partial charge in [0.2, 0.25) is 0 Å². The summed E-state index contributed by atoms with van der Waals surface area (Å²) in [5, 5.41) is 0. The number of thiol groups is 1. The summed E-state index contributed by atoms with van der Waals surface area (Å²) in [6.07, 6.45) is 6.66. The third kappa shape index (κ3) is 2.89. The molecule has 0 aromatic carbocycles. The average Bonchev–Trinajstić information content (AvgIpc) is 2.05. The van der Waals surface area contributed by atoms with Gasteiger partial charge in [-0.1, -0.05) is 6.08 Å². The van der Waals surface area contributed by atoms with E-state index in [0.29, 0.717) is 0 Å². The highest BCUT2D eigenvalue weighted by Crippen LogP contribution is 2.23. The van der Waals surface area contributed by atoms with E-state index in [1.165, 1.54) is 19.8 Å². The minimum atomic E-state index is -0.317. The number of hydrogen-bond donors (Lipinski definition) is 1. The zero-order valence-corrected chi connectivity index (χ0v) is 8.14. The Bertz CT molecular complexity index is 199. The van der Waals surface area contributed by atoms with E-state index in [9.17, 15) is 4.79 Å². The lowest BCUT2D eigenvalue weighted by molar-refractivity contribution is -0.141. The molecule has 1 unspecified atom stereocenters. The van der Waals surface area contributed by atoms with Crippen molar-refractivity contribution in [2.45, 2.75) is 38.0 Å². The number of carbonyl (C=O) groups is 1. The summed E-state index contributed by atoms with van der Waals surface area (Å²) in [6, 6.07) is 0. The molecule has 68 valence electrons. The Morgan fingerprint density at radius 3 is 2.92 bits per heavy atom. The van der Waals surface area contributed by atoms with E-state index in [1.807, 2.05) is 0 Å². The lowest BCUT2D eigenvalue weighted by Gasteiger charge is -2.18. The maximum absolute atomic E-state index is 10.6. The summed E-state index contributed by atoms with van der Waals surface area (Å²) in [5.74, 6) is -0.263. The van der Waals surface area contributed by atoms with Gasteiger partial charge in [-0.05, 0) is 31.3 Å². The highest BCUT2D eigenvalue weighted by atomic mass is 32.1. The summed E-state index contributed by atoms with van der Waals surface area (Å²) in [7, 11) is 0. The van der Waals surface area contributed by atoms with Crippen molar-refractivity contribution in [1.82, 2.24) is 0 Å². The normalized spacial score (nSPS) is 19.7. The van der Waals surface area contributed by atoms with Crippen LogP contribution in [-0.4, -0.2) is 11.4 Å². The van der Waals surface area contributed by atoms with Gasteiger partial charge in [0.15, 0.2) is 5.44 Å². The maximum Gasteiger partial charge on any atom is 0.304 e. The van der Waals surface area contributed by atoms with Gasteiger partial charge in [0.05, 0.1) is 0 Å². The molecule has 1 aliphatic rings. The van der Waals surface area contributed by atoms with Crippen LogP contribution in [-0.2, 0) is 9.53 Å². The molecule has 0 saturated heterocycles. The van der Waals surface area contributed by atoms with Gasteiger partial charge in [-0.15, -0.1) is 12.6 Å². The molecule has 0 aromatic heterocycles. The zero-order valence-electron chi connectivity index (χ0n) is 7.25. The van der Waals surface area contributed by atoms with Crippen LogP contribution < -0.4 is 0 Å². The van der Waals surface area contributed by atoms with E-state index < -0.39 is 0 Å². The van der Waals surface area contributed by atoms with E-state index in [2.05, 4.69) is 18.7 Å². The molecule has 0 fully saturated rings. The molecule has 0 N–H and O–H groups in total. The molecule has 1 aliphatic carbocycles. The van der Waals surface area contributed by atoms with Crippen molar-refractivity contribution in [1.29, 1.82) is 0 Å². The number of hydrogen-bond acceptors (Lipinski definition) is 3. The Kier molecular flexibility index (Phi) is 3.66. The number of rotatable bonds is 2. The molecule has 0 saturated carbocycles. The van der Waals surface area contributed by atoms with E-state index >= 15 is 0 Å². The van der Waals surface area contributed by atoms with Gasteiger partial charge in [-0.25, -0.2) is 0 Å². The highest BCUT2D eigenvalue weighted by Gasteiger charge is 2.14. The molecule has 0 amide bonds. The fraction of sp³-hybridized carbons (Fsp3) is 0.667. The van der Waals surface area contributed by atoms with Crippen LogP contribution >= 0.6 is 12.6 Å². The first-order valence-corrected chi connectivity index (χ1v) is 4.76. The van der Waals surface area contributed by atoms with E-state index in [-0.39, 0.29) is 11.4 Å². The third-order valence-corrected chi connectivity index (χ3v) is 2.36. The van der Waals surface area contributed by atoms with Crippen molar-refractivity contribution >= 4 is 18.6 Å². The molecular weight excluding hydrogens is 172 g/mol. The largest absolute Gasteiger partial charge is 0.447 e. The highest BCUT2D eigenvalue weighted by molar-refractivity contribution is 7.81. The van der Waals surface area contributed by atoms with E-state index in [0.717, 1.165) is 18.4 Å². The lowest BCUT2D eigenvalue weighted by atomic mass is 10.0. The van der Waals surface area contributed by atoms with E-state index in [4.69, 9.17) is 4.74 Å². The van der Waals surface area contributed by atoms with Crippen molar-refractivity contribution in [3.05, 3.63) is 11.6 Å². The fourth-order valence-corrected chi connectivity index (χ4v) is 1.70. The molecule has 0 heterocycles. The van der Waals surface area contributed by atoms with Gasteiger partial charge in [-0.2, -0.15) is 0 Å². The molecule has 12 heavy (non-hydrogen) atoms. The van der Waals surface area contributed by atoms with Crippen LogP contribution in [0.2, 0.25) is 0 Å². The molecule has 3 heteroatoms. The molecule has 0 spiro atoms. The quantitative estimate of drug-likeness (QED) is 0.310. The van der Waals surface area contributed by atoms with Crippen molar-refractivity contribution in [3.63, 3.8) is 0 Å². The molecule has 2 nitrogen and oxygen atoms in total. The Labute approximate surface area is 78.4 Å². The van der Waals surface area contributed by atoms with Crippen molar-refractivity contribution in [2.24, 2.45) is 0 Å². The maximum atomic E-state index is 10.6. The number of carbonyl (C=O) groups excluding carboxylic acids is 1. The summed E-state index contributed by atoms with van der Waals surface area (Å²) in [6.45, 7) is 1.41. The fourth-order valence-electron chi connectivity index (χ4n) is 1.32. The van der Waals surface area contributed by atoms with Gasteiger partial charge in [-0.3, -0.25) is 4.79 Å². The van der Waals surface area contributed by atoms with Crippen LogP contribution in [0.4, 0.5) is 0 Å². The van der Waals surface area contributed by atoms with Gasteiger partial charge < -0.3 is 4.74 Å². The van der Waals surface area contributed by atoms with Crippen LogP contribution in [0.15, 0.2) is 11.6 Å². The summed E-state index contributed by atoms with van der Waals surface area (Å²) in [5.41, 5.74) is 0.836. The monoisotopic (exact) mass is 186 g/mol. The number of allylic oxidation sites excluding steroid dienone is 1. The number of ether oxygens (including phenoxy) is 1. The molecule has 1 rings (SSSR count).